The minimum absolute atomic E-state index is 0.233. The first-order valence-electron chi connectivity index (χ1n) is 7.75. The summed E-state index contributed by atoms with van der Waals surface area (Å²) in [4.78, 5) is 4.66. The van der Waals surface area contributed by atoms with Gasteiger partial charge in [-0.3, -0.25) is 9.67 Å². The minimum atomic E-state index is 0.233. The number of pyridine rings is 1. The van der Waals surface area contributed by atoms with Crippen molar-refractivity contribution in [2.24, 2.45) is 0 Å². The van der Waals surface area contributed by atoms with Gasteiger partial charge in [0.15, 0.2) is 0 Å². The highest BCUT2D eigenvalue weighted by molar-refractivity contribution is 5.27. The van der Waals surface area contributed by atoms with E-state index in [9.17, 15) is 0 Å². The zero-order chi connectivity index (χ0) is 15.4. The number of aryl methyl sites for hydroxylation is 4. The van der Waals surface area contributed by atoms with Gasteiger partial charge in [0.05, 0.1) is 17.4 Å². The van der Waals surface area contributed by atoms with Gasteiger partial charge in [0.25, 0.3) is 0 Å². The molecule has 1 N–H and O–H groups in total. The van der Waals surface area contributed by atoms with Crippen molar-refractivity contribution in [2.75, 3.05) is 6.54 Å². The van der Waals surface area contributed by atoms with E-state index in [2.05, 4.69) is 59.9 Å². The van der Waals surface area contributed by atoms with Crippen molar-refractivity contribution in [1.29, 1.82) is 0 Å². The van der Waals surface area contributed by atoms with E-state index >= 15 is 0 Å². The van der Waals surface area contributed by atoms with Gasteiger partial charge in [0.2, 0.25) is 0 Å². The van der Waals surface area contributed by atoms with Crippen molar-refractivity contribution in [3.8, 4) is 0 Å². The molecule has 2 rings (SSSR count). The third-order valence-corrected chi connectivity index (χ3v) is 3.73. The number of likely N-dealkylation sites (N-methyl/N-ethyl adjacent to an activating group) is 1. The van der Waals surface area contributed by atoms with Gasteiger partial charge in [-0.1, -0.05) is 13.0 Å². The monoisotopic (exact) mass is 286 g/mol. The Hall–Kier alpha value is -1.68. The lowest BCUT2D eigenvalue weighted by Gasteiger charge is -2.20. The lowest BCUT2D eigenvalue weighted by molar-refractivity contribution is 0.504. The Morgan fingerprint density at radius 3 is 2.57 bits per heavy atom. The molecule has 0 aliphatic rings. The summed E-state index contributed by atoms with van der Waals surface area (Å²) >= 11 is 0. The molecule has 0 amide bonds. The van der Waals surface area contributed by atoms with Crippen LogP contribution in [0.4, 0.5) is 0 Å². The average Bonchev–Trinajstić information content (AvgIpc) is 2.78. The number of nitrogens with one attached hydrogen (secondary N) is 1. The van der Waals surface area contributed by atoms with Crippen LogP contribution in [-0.4, -0.2) is 21.3 Å². The molecular formula is C17H26N4. The largest absolute Gasteiger partial charge is 0.309 e. The van der Waals surface area contributed by atoms with E-state index in [0.29, 0.717) is 0 Å². The smallest absolute Gasteiger partial charge is 0.0606 e. The summed E-state index contributed by atoms with van der Waals surface area (Å²) in [5, 5.41) is 8.11. The maximum absolute atomic E-state index is 4.66. The highest BCUT2D eigenvalue weighted by Gasteiger charge is 2.17. The zero-order valence-corrected chi connectivity index (χ0v) is 13.8. The van der Waals surface area contributed by atoms with E-state index in [1.54, 1.807) is 0 Å². The quantitative estimate of drug-likeness (QED) is 0.887. The molecule has 0 aliphatic heterocycles. The van der Waals surface area contributed by atoms with Gasteiger partial charge in [0.1, 0.15) is 0 Å². The van der Waals surface area contributed by atoms with Crippen molar-refractivity contribution in [1.82, 2.24) is 20.1 Å². The van der Waals surface area contributed by atoms with Gasteiger partial charge in [-0.15, -0.1) is 0 Å². The zero-order valence-electron chi connectivity index (χ0n) is 13.8. The Balaban J connectivity index is 2.30. The second-order valence-corrected chi connectivity index (χ2v) is 5.62. The fraction of sp³-hybridized carbons (Fsp3) is 0.529. The fourth-order valence-electron chi connectivity index (χ4n) is 2.85. The van der Waals surface area contributed by atoms with E-state index in [4.69, 9.17) is 0 Å². The minimum Gasteiger partial charge on any atom is -0.309 e. The van der Waals surface area contributed by atoms with Crippen LogP contribution in [0.3, 0.4) is 0 Å². The van der Waals surface area contributed by atoms with Crippen LogP contribution >= 0.6 is 0 Å². The van der Waals surface area contributed by atoms with E-state index in [1.165, 1.54) is 16.8 Å². The van der Waals surface area contributed by atoms with Crippen molar-refractivity contribution >= 4 is 0 Å². The van der Waals surface area contributed by atoms with Crippen molar-refractivity contribution in [3.63, 3.8) is 0 Å². The molecule has 0 bridgehead atoms. The summed E-state index contributed by atoms with van der Waals surface area (Å²) in [7, 11) is 0. The SMILES string of the molecule is CCNC(Cc1cc(C)nn1CC)c1ncc(C)cc1C. The molecule has 4 nitrogen and oxygen atoms in total. The summed E-state index contributed by atoms with van der Waals surface area (Å²) in [5.41, 5.74) is 5.95. The van der Waals surface area contributed by atoms with Gasteiger partial charge in [0, 0.05) is 24.9 Å². The molecule has 1 atom stereocenters. The molecule has 0 spiro atoms. The second kappa shape index (κ2) is 6.85. The van der Waals surface area contributed by atoms with Crippen LogP contribution in [0, 0.1) is 20.8 Å². The van der Waals surface area contributed by atoms with Crippen LogP contribution in [0.15, 0.2) is 18.3 Å². The molecule has 0 aromatic carbocycles. The molecule has 2 heterocycles. The summed E-state index contributed by atoms with van der Waals surface area (Å²) in [6, 6.07) is 4.61. The molecule has 114 valence electrons. The number of hydrogen-bond acceptors (Lipinski definition) is 3. The molecule has 2 aromatic heterocycles. The van der Waals surface area contributed by atoms with E-state index in [-0.39, 0.29) is 6.04 Å². The first kappa shape index (κ1) is 15.7. The molecular weight excluding hydrogens is 260 g/mol. The highest BCUT2D eigenvalue weighted by atomic mass is 15.3. The van der Waals surface area contributed by atoms with Crippen LogP contribution in [0.1, 0.15) is 48.1 Å². The van der Waals surface area contributed by atoms with Crippen molar-refractivity contribution < 1.29 is 0 Å². The van der Waals surface area contributed by atoms with Crippen molar-refractivity contribution in [2.45, 2.75) is 53.6 Å². The fourth-order valence-corrected chi connectivity index (χ4v) is 2.85. The lowest BCUT2D eigenvalue weighted by Crippen LogP contribution is -2.25. The molecule has 1 unspecified atom stereocenters. The first-order valence-corrected chi connectivity index (χ1v) is 7.75. The Morgan fingerprint density at radius 1 is 1.19 bits per heavy atom. The molecule has 21 heavy (non-hydrogen) atoms. The van der Waals surface area contributed by atoms with Gasteiger partial charge in [-0.25, -0.2) is 0 Å². The van der Waals surface area contributed by atoms with Crippen LogP contribution < -0.4 is 5.32 Å². The molecule has 0 saturated carbocycles. The predicted octanol–water partition coefficient (Wildman–Crippen LogP) is 3.12. The van der Waals surface area contributed by atoms with Gasteiger partial charge in [-0.2, -0.15) is 5.10 Å². The third-order valence-electron chi connectivity index (χ3n) is 3.73. The van der Waals surface area contributed by atoms with Gasteiger partial charge in [-0.05, 0) is 51.4 Å². The molecule has 2 aromatic rings. The maximum atomic E-state index is 4.66. The van der Waals surface area contributed by atoms with E-state index in [1.807, 2.05) is 13.1 Å². The standard InChI is InChI=1S/C17H26N4/c1-6-18-16(17-13(4)8-12(3)11-19-17)10-15-9-14(5)20-21(15)7-2/h8-9,11,16,18H,6-7,10H2,1-5H3. The summed E-state index contributed by atoms with van der Waals surface area (Å²) < 4.78 is 2.09. The molecule has 0 radical (unpaired) electrons. The first-order chi connectivity index (χ1) is 10.0. The van der Waals surface area contributed by atoms with E-state index < -0.39 is 0 Å². The normalized spacial score (nSPS) is 12.6. The maximum Gasteiger partial charge on any atom is 0.0606 e. The van der Waals surface area contributed by atoms with Crippen LogP contribution in [0.2, 0.25) is 0 Å². The van der Waals surface area contributed by atoms with E-state index in [0.717, 1.165) is 30.9 Å². The number of nitrogens with zero attached hydrogens (tertiary/aromatic N) is 3. The van der Waals surface area contributed by atoms with Crippen LogP contribution in [0.5, 0.6) is 0 Å². The third kappa shape index (κ3) is 3.70. The van der Waals surface area contributed by atoms with Crippen molar-refractivity contribution in [3.05, 3.63) is 46.5 Å². The van der Waals surface area contributed by atoms with Gasteiger partial charge < -0.3 is 5.32 Å². The summed E-state index contributed by atoms with van der Waals surface area (Å²) in [6.45, 7) is 12.4. The Kier molecular flexibility index (Phi) is 5.12. The predicted molar refractivity (Wildman–Crippen MR) is 86.5 cm³/mol. The lowest BCUT2D eigenvalue weighted by atomic mass is 10.0. The van der Waals surface area contributed by atoms with Crippen LogP contribution in [0.25, 0.3) is 0 Å². The molecule has 0 saturated heterocycles. The number of hydrogen-bond donors (Lipinski definition) is 1. The molecule has 0 fully saturated rings. The Morgan fingerprint density at radius 2 is 1.95 bits per heavy atom. The van der Waals surface area contributed by atoms with Crippen LogP contribution in [-0.2, 0) is 13.0 Å². The highest BCUT2D eigenvalue weighted by Crippen LogP contribution is 2.21. The number of aromatic nitrogens is 3. The summed E-state index contributed by atoms with van der Waals surface area (Å²) in [6.07, 6.45) is 2.87. The summed E-state index contributed by atoms with van der Waals surface area (Å²) in [5.74, 6) is 0. The second-order valence-electron chi connectivity index (χ2n) is 5.62. The average molecular weight is 286 g/mol. The Bertz CT molecular complexity index is 601. The topological polar surface area (TPSA) is 42.7 Å². The molecule has 0 aliphatic carbocycles. The Labute approximate surface area is 127 Å². The molecule has 4 heteroatoms. The number of rotatable bonds is 6. The van der Waals surface area contributed by atoms with Gasteiger partial charge >= 0.3 is 0 Å².